The Bertz CT molecular complexity index is 1010. The Hall–Kier alpha value is -3.07. The molecular formula is C21H22F2N2O5. The lowest BCUT2D eigenvalue weighted by Crippen LogP contribution is -2.35. The Kier molecular flexibility index (Phi) is 5.76. The summed E-state index contributed by atoms with van der Waals surface area (Å²) >= 11 is 0. The van der Waals surface area contributed by atoms with Crippen LogP contribution in [-0.2, 0) is 9.53 Å². The van der Waals surface area contributed by atoms with Crippen LogP contribution in [0, 0.1) is 16.8 Å². The van der Waals surface area contributed by atoms with Crippen molar-refractivity contribution >= 4 is 17.4 Å². The molecule has 1 aliphatic rings. The Morgan fingerprint density at radius 1 is 1.30 bits per heavy atom. The third-order valence-electron chi connectivity index (χ3n) is 5.01. The van der Waals surface area contributed by atoms with E-state index in [0.29, 0.717) is 16.7 Å². The van der Waals surface area contributed by atoms with Crippen LogP contribution in [0.15, 0.2) is 30.5 Å². The Labute approximate surface area is 172 Å². The molecule has 1 amide bonds. The molecule has 3 rings (SSSR count). The topological polar surface area (TPSA) is 91.6 Å². The number of carbonyl (C=O) groups excluding carboxylic acids is 2. The number of pyridine rings is 1. The molecule has 1 aromatic carbocycles. The van der Waals surface area contributed by atoms with Gasteiger partial charge in [0.25, 0.3) is 11.6 Å². The van der Waals surface area contributed by atoms with E-state index in [2.05, 4.69) is 5.32 Å². The highest BCUT2D eigenvalue weighted by molar-refractivity contribution is 5.97. The Balaban J connectivity index is 1.94. The number of methoxy groups -OCH3 is 1. The molecule has 2 atom stereocenters. The van der Waals surface area contributed by atoms with Gasteiger partial charge in [0.2, 0.25) is 11.6 Å². The van der Waals surface area contributed by atoms with Crippen LogP contribution < -0.4 is 14.8 Å². The van der Waals surface area contributed by atoms with Gasteiger partial charge in [-0.25, -0.2) is 4.39 Å². The van der Waals surface area contributed by atoms with Gasteiger partial charge >= 0.3 is 0 Å². The first-order chi connectivity index (χ1) is 14.0. The van der Waals surface area contributed by atoms with E-state index in [9.17, 15) is 23.6 Å². The molecule has 1 saturated heterocycles. The van der Waals surface area contributed by atoms with Crippen LogP contribution in [0.25, 0.3) is 0 Å². The highest BCUT2D eigenvalue weighted by Crippen LogP contribution is 2.45. The minimum atomic E-state index is -1.13. The number of Topliss-reactive ketones (excluding diaryl/α,β-unsaturated/α-hetero) is 1. The van der Waals surface area contributed by atoms with Crippen LogP contribution >= 0.6 is 0 Å². The molecule has 1 N–H and O–H groups in total. The number of ketones is 1. The zero-order valence-electron chi connectivity index (χ0n) is 17.0. The normalized spacial score (nSPS) is 20.1. The molecule has 0 spiro atoms. The standard InChI is InChI=1S/C21H22F2N2O5/c1-11(26)16-9-12(7-8-25(16)28)24-20(27)19-14(10-21(2,3)30-19)13-5-6-15(22)17(23)18(13)29-4/h5-9,14,19H,10H2,1-4H3,(H,24,27)/t14-,19+/m0/s1. The molecule has 0 unspecified atom stereocenters. The van der Waals surface area contributed by atoms with Gasteiger partial charge in [-0.1, -0.05) is 6.07 Å². The van der Waals surface area contributed by atoms with Gasteiger partial charge < -0.3 is 20.0 Å². The Morgan fingerprint density at radius 2 is 2.00 bits per heavy atom. The van der Waals surface area contributed by atoms with Crippen LogP contribution in [0.1, 0.15) is 49.2 Å². The average Bonchev–Trinajstić information content (AvgIpc) is 3.00. The number of anilines is 1. The van der Waals surface area contributed by atoms with Gasteiger partial charge in [-0.2, -0.15) is 9.12 Å². The van der Waals surface area contributed by atoms with E-state index < -0.39 is 40.9 Å². The van der Waals surface area contributed by atoms with Crippen LogP contribution in [-0.4, -0.2) is 30.5 Å². The molecule has 9 heteroatoms. The molecule has 2 aromatic rings. The fraction of sp³-hybridized carbons (Fsp3) is 0.381. The summed E-state index contributed by atoms with van der Waals surface area (Å²) in [5.41, 5.74) is -0.278. The molecule has 7 nitrogen and oxygen atoms in total. The summed E-state index contributed by atoms with van der Waals surface area (Å²) in [4.78, 5) is 24.6. The van der Waals surface area contributed by atoms with Crippen molar-refractivity contribution in [1.29, 1.82) is 0 Å². The predicted molar refractivity (Wildman–Crippen MR) is 103 cm³/mol. The van der Waals surface area contributed by atoms with E-state index in [1.807, 2.05) is 0 Å². The van der Waals surface area contributed by atoms with Gasteiger partial charge in [0.1, 0.15) is 6.10 Å². The average molecular weight is 420 g/mol. The van der Waals surface area contributed by atoms with Crippen molar-refractivity contribution in [3.8, 4) is 5.75 Å². The van der Waals surface area contributed by atoms with Crippen molar-refractivity contribution in [1.82, 2.24) is 0 Å². The highest BCUT2D eigenvalue weighted by atomic mass is 19.2. The summed E-state index contributed by atoms with van der Waals surface area (Å²) < 4.78 is 39.2. The van der Waals surface area contributed by atoms with E-state index in [1.54, 1.807) is 13.8 Å². The summed E-state index contributed by atoms with van der Waals surface area (Å²) in [7, 11) is 1.23. The molecule has 30 heavy (non-hydrogen) atoms. The Morgan fingerprint density at radius 3 is 2.63 bits per heavy atom. The zero-order chi connectivity index (χ0) is 22.2. The van der Waals surface area contributed by atoms with Crippen molar-refractivity contribution in [3.05, 3.63) is 58.6 Å². The molecule has 1 fully saturated rings. The second-order valence-corrected chi connectivity index (χ2v) is 7.76. The SMILES string of the molecule is COc1c([C@@H]2CC(C)(C)O[C@H]2C(=O)Nc2cc[n+]([O-])c(C(C)=O)c2)ccc(F)c1F. The second kappa shape index (κ2) is 7.98. The smallest absolute Gasteiger partial charge is 0.261 e. The lowest BCUT2D eigenvalue weighted by atomic mass is 9.86. The minimum Gasteiger partial charge on any atom is -0.618 e. The number of nitrogens with zero attached hydrogens (tertiary/aromatic N) is 1. The van der Waals surface area contributed by atoms with Crippen LogP contribution in [0.4, 0.5) is 14.5 Å². The van der Waals surface area contributed by atoms with Crippen molar-refractivity contribution in [2.45, 2.75) is 44.8 Å². The fourth-order valence-electron chi connectivity index (χ4n) is 3.70. The van der Waals surface area contributed by atoms with Gasteiger partial charge in [-0.05, 0) is 26.3 Å². The van der Waals surface area contributed by atoms with Crippen LogP contribution in [0.5, 0.6) is 5.75 Å². The number of amides is 1. The summed E-state index contributed by atoms with van der Waals surface area (Å²) in [5.74, 6) is -4.07. The number of hydrogen-bond acceptors (Lipinski definition) is 5. The predicted octanol–water partition coefficient (Wildman–Crippen LogP) is 3.10. The van der Waals surface area contributed by atoms with E-state index in [1.165, 1.54) is 32.2 Å². The monoisotopic (exact) mass is 420 g/mol. The molecule has 0 radical (unpaired) electrons. The minimum absolute atomic E-state index is 0.126. The lowest BCUT2D eigenvalue weighted by Gasteiger charge is -2.21. The van der Waals surface area contributed by atoms with E-state index in [-0.39, 0.29) is 17.1 Å². The number of carbonyl (C=O) groups is 2. The molecule has 160 valence electrons. The number of rotatable bonds is 5. The van der Waals surface area contributed by atoms with Crippen LogP contribution in [0.2, 0.25) is 0 Å². The summed E-state index contributed by atoms with van der Waals surface area (Å²) in [6, 6.07) is 4.98. The maximum atomic E-state index is 14.2. The van der Waals surface area contributed by atoms with Gasteiger partial charge in [0, 0.05) is 30.5 Å². The first-order valence-corrected chi connectivity index (χ1v) is 9.29. The zero-order valence-corrected chi connectivity index (χ0v) is 17.0. The van der Waals surface area contributed by atoms with E-state index in [4.69, 9.17) is 9.47 Å². The maximum Gasteiger partial charge on any atom is 0.261 e. The fourth-order valence-corrected chi connectivity index (χ4v) is 3.70. The lowest BCUT2D eigenvalue weighted by molar-refractivity contribution is -0.607. The highest BCUT2D eigenvalue weighted by Gasteiger charge is 2.46. The largest absolute Gasteiger partial charge is 0.618 e. The van der Waals surface area contributed by atoms with Gasteiger partial charge in [0.05, 0.1) is 18.4 Å². The van der Waals surface area contributed by atoms with Gasteiger partial charge in [-0.15, -0.1) is 0 Å². The summed E-state index contributed by atoms with van der Waals surface area (Å²) in [6.07, 6.45) is 0.446. The molecule has 1 aliphatic heterocycles. The number of halogens is 2. The summed E-state index contributed by atoms with van der Waals surface area (Å²) in [5, 5.41) is 14.3. The third-order valence-corrected chi connectivity index (χ3v) is 5.01. The van der Waals surface area contributed by atoms with Crippen molar-refractivity contribution < 1.29 is 32.6 Å². The van der Waals surface area contributed by atoms with Crippen molar-refractivity contribution in [3.63, 3.8) is 0 Å². The number of benzene rings is 1. The molecule has 1 aromatic heterocycles. The van der Waals surface area contributed by atoms with Crippen molar-refractivity contribution in [2.24, 2.45) is 0 Å². The number of ether oxygens (including phenoxy) is 2. The van der Waals surface area contributed by atoms with E-state index in [0.717, 1.165) is 12.3 Å². The maximum absolute atomic E-state index is 14.2. The first kappa shape index (κ1) is 21.6. The number of nitrogens with one attached hydrogen (secondary N) is 1. The van der Waals surface area contributed by atoms with Gasteiger partial charge in [-0.3, -0.25) is 9.59 Å². The summed E-state index contributed by atoms with van der Waals surface area (Å²) in [6.45, 7) is 4.82. The van der Waals surface area contributed by atoms with E-state index >= 15 is 0 Å². The van der Waals surface area contributed by atoms with Crippen molar-refractivity contribution in [2.75, 3.05) is 12.4 Å². The number of aromatic nitrogens is 1. The second-order valence-electron chi connectivity index (χ2n) is 7.76. The van der Waals surface area contributed by atoms with Gasteiger partial charge in [0.15, 0.2) is 17.8 Å². The third kappa shape index (κ3) is 4.11. The molecule has 0 aliphatic carbocycles. The van der Waals surface area contributed by atoms with Crippen LogP contribution in [0.3, 0.4) is 0 Å². The quantitative estimate of drug-likeness (QED) is 0.456. The molecule has 2 heterocycles. The molecule has 0 saturated carbocycles. The number of hydrogen-bond donors (Lipinski definition) is 1. The molecular weight excluding hydrogens is 398 g/mol. The first-order valence-electron chi connectivity index (χ1n) is 9.29. The molecule has 0 bridgehead atoms.